The summed E-state index contributed by atoms with van der Waals surface area (Å²) in [5, 5.41) is 6.40. The third-order valence-corrected chi connectivity index (χ3v) is 3.41. The summed E-state index contributed by atoms with van der Waals surface area (Å²) in [5.74, 6) is 0.706. The number of carbonyl (C=O) groups is 1. The molecule has 0 aliphatic carbocycles. The van der Waals surface area contributed by atoms with E-state index < -0.39 is 0 Å². The van der Waals surface area contributed by atoms with Crippen molar-refractivity contribution in [3.05, 3.63) is 70.9 Å². The second kappa shape index (κ2) is 7.14. The van der Waals surface area contributed by atoms with Gasteiger partial charge in [-0.25, -0.2) is 9.97 Å². The summed E-state index contributed by atoms with van der Waals surface area (Å²) in [6.45, 7) is 2.10. The molecule has 0 fully saturated rings. The Morgan fingerprint density at radius 3 is 2.83 bits per heavy atom. The lowest BCUT2D eigenvalue weighted by Gasteiger charge is -2.08. The van der Waals surface area contributed by atoms with Crippen LogP contribution in [0.15, 0.2) is 53.1 Å². The summed E-state index contributed by atoms with van der Waals surface area (Å²) in [7, 11) is 0. The van der Waals surface area contributed by atoms with Crippen molar-refractivity contribution in [3.63, 3.8) is 0 Å². The Kier molecular flexibility index (Phi) is 4.77. The van der Waals surface area contributed by atoms with Gasteiger partial charge in [0.05, 0.1) is 12.8 Å². The van der Waals surface area contributed by atoms with Crippen molar-refractivity contribution in [3.8, 4) is 0 Å². The molecule has 1 amide bonds. The molecular formula is C17H15ClN4O2. The molecule has 0 saturated heterocycles. The van der Waals surface area contributed by atoms with Crippen LogP contribution in [0, 0.1) is 6.92 Å². The zero-order valence-electron chi connectivity index (χ0n) is 12.9. The maximum Gasteiger partial charge on any atom is 0.270 e. The van der Waals surface area contributed by atoms with Gasteiger partial charge < -0.3 is 15.1 Å². The van der Waals surface area contributed by atoms with E-state index in [9.17, 15) is 4.79 Å². The van der Waals surface area contributed by atoms with Crippen molar-refractivity contribution in [1.82, 2.24) is 15.3 Å². The maximum absolute atomic E-state index is 12.3. The number of halogens is 1. The van der Waals surface area contributed by atoms with Crippen LogP contribution < -0.4 is 10.6 Å². The molecule has 0 saturated carbocycles. The van der Waals surface area contributed by atoms with Crippen LogP contribution in [0.5, 0.6) is 0 Å². The molecule has 0 aliphatic rings. The highest BCUT2D eigenvalue weighted by Crippen LogP contribution is 2.18. The van der Waals surface area contributed by atoms with Gasteiger partial charge in [0.25, 0.3) is 5.91 Å². The van der Waals surface area contributed by atoms with Gasteiger partial charge in [-0.15, -0.1) is 0 Å². The number of furan rings is 1. The van der Waals surface area contributed by atoms with Crippen molar-refractivity contribution >= 4 is 29.1 Å². The van der Waals surface area contributed by atoms with Crippen LogP contribution in [0.2, 0.25) is 5.02 Å². The summed E-state index contributed by atoms with van der Waals surface area (Å²) < 4.78 is 5.19. The first-order chi connectivity index (χ1) is 11.6. The zero-order chi connectivity index (χ0) is 16.9. The largest absolute Gasteiger partial charge is 0.467 e. The highest BCUT2D eigenvalue weighted by Gasteiger charge is 2.11. The van der Waals surface area contributed by atoms with Gasteiger partial charge in [-0.3, -0.25) is 4.79 Å². The van der Waals surface area contributed by atoms with Crippen LogP contribution in [0.25, 0.3) is 0 Å². The SMILES string of the molecule is Cc1cc(C(=O)NCc2ccco2)nc(Nc2cccc(Cl)c2)n1. The van der Waals surface area contributed by atoms with E-state index in [1.165, 1.54) is 0 Å². The molecule has 0 radical (unpaired) electrons. The predicted octanol–water partition coefficient (Wildman–Crippen LogP) is 3.71. The number of anilines is 2. The van der Waals surface area contributed by atoms with Crippen molar-refractivity contribution in [2.24, 2.45) is 0 Å². The lowest BCUT2D eigenvalue weighted by Crippen LogP contribution is -2.24. The Bertz CT molecular complexity index is 850. The van der Waals surface area contributed by atoms with E-state index in [0.717, 1.165) is 5.69 Å². The van der Waals surface area contributed by atoms with E-state index in [-0.39, 0.29) is 11.6 Å². The summed E-state index contributed by atoms with van der Waals surface area (Å²) in [6.07, 6.45) is 1.56. The third-order valence-electron chi connectivity index (χ3n) is 3.17. The smallest absolute Gasteiger partial charge is 0.270 e. The zero-order valence-corrected chi connectivity index (χ0v) is 13.7. The number of aryl methyl sites for hydroxylation is 1. The molecule has 3 aromatic rings. The first kappa shape index (κ1) is 16.0. The number of benzene rings is 1. The van der Waals surface area contributed by atoms with Crippen LogP contribution in [0.1, 0.15) is 21.9 Å². The molecule has 6 nitrogen and oxygen atoms in total. The molecule has 0 bridgehead atoms. The normalized spacial score (nSPS) is 10.4. The number of nitrogens with one attached hydrogen (secondary N) is 2. The molecule has 7 heteroatoms. The fourth-order valence-electron chi connectivity index (χ4n) is 2.11. The minimum absolute atomic E-state index is 0.276. The van der Waals surface area contributed by atoms with Crippen molar-refractivity contribution < 1.29 is 9.21 Å². The second-order valence-corrected chi connectivity index (χ2v) is 5.55. The van der Waals surface area contributed by atoms with Gasteiger partial charge in [0.1, 0.15) is 11.5 Å². The monoisotopic (exact) mass is 342 g/mol. The van der Waals surface area contributed by atoms with Crippen molar-refractivity contribution in [2.45, 2.75) is 13.5 Å². The molecule has 2 heterocycles. The number of hydrogen-bond donors (Lipinski definition) is 2. The Labute approximate surface area is 143 Å². The Morgan fingerprint density at radius 1 is 1.21 bits per heavy atom. The Morgan fingerprint density at radius 2 is 2.08 bits per heavy atom. The van der Waals surface area contributed by atoms with Crippen molar-refractivity contribution in [2.75, 3.05) is 5.32 Å². The second-order valence-electron chi connectivity index (χ2n) is 5.12. The van der Waals surface area contributed by atoms with E-state index in [4.69, 9.17) is 16.0 Å². The van der Waals surface area contributed by atoms with Crippen LogP contribution in [0.4, 0.5) is 11.6 Å². The molecule has 0 aliphatic heterocycles. The summed E-state index contributed by atoms with van der Waals surface area (Å²) in [5.41, 5.74) is 1.70. The summed E-state index contributed by atoms with van der Waals surface area (Å²) in [6, 6.07) is 12.4. The van der Waals surface area contributed by atoms with Crippen molar-refractivity contribution in [1.29, 1.82) is 0 Å². The maximum atomic E-state index is 12.3. The van der Waals surface area contributed by atoms with Crippen LogP contribution in [0.3, 0.4) is 0 Å². The number of hydrogen-bond acceptors (Lipinski definition) is 5. The van der Waals surface area contributed by atoms with E-state index >= 15 is 0 Å². The van der Waals surface area contributed by atoms with Crippen LogP contribution >= 0.6 is 11.6 Å². The quantitative estimate of drug-likeness (QED) is 0.739. The highest BCUT2D eigenvalue weighted by molar-refractivity contribution is 6.30. The van der Waals surface area contributed by atoms with Gasteiger partial charge in [0.2, 0.25) is 5.95 Å². The molecule has 0 spiro atoms. The van der Waals surface area contributed by atoms with Gasteiger partial charge >= 0.3 is 0 Å². The molecule has 0 unspecified atom stereocenters. The van der Waals surface area contributed by atoms with Crippen LogP contribution in [-0.4, -0.2) is 15.9 Å². The lowest BCUT2D eigenvalue weighted by molar-refractivity contribution is 0.0943. The number of aromatic nitrogens is 2. The fraction of sp³-hybridized carbons (Fsp3) is 0.118. The fourth-order valence-corrected chi connectivity index (χ4v) is 2.30. The van der Waals surface area contributed by atoms with Gasteiger partial charge in [-0.1, -0.05) is 17.7 Å². The average molecular weight is 343 g/mol. The molecule has 2 aromatic heterocycles. The Hall–Kier alpha value is -2.86. The molecule has 2 N–H and O–H groups in total. The topological polar surface area (TPSA) is 80.0 Å². The number of carbonyl (C=O) groups excluding carboxylic acids is 1. The first-order valence-corrected chi connectivity index (χ1v) is 7.67. The predicted molar refractivity (Wildman–Crippen MR) is 91.4 cm³/mol. The molecule has 122 valence electrons. The van der Waals surface area contributed by atoms with Gasteiger partial charge in [0.15, 0.2) is 0 Å². The summed E-state index contributed by atoms with van der Waals surface area (Å²) >= 11 is 5.96. The lowest BCUT2D eigenvalue weighted by atomic mass is 10.3. The Balaban J connectivity index is 1.74. The molecular weight excluding hydrogens is 328 g/mol. The van der Waals surface area contributed by atoms with E-state index in [1.54, 1.807) is 43.5 Å². The van der Waals surface area contributed by atoms with E-state index in [0.29, 0.717) is 29.0 Å². The number of amides is 1. The standard InChI is InChI=1S/C17H15ClN4O2/c1-11-8-15(16(23)19-10-14-6-3-7-24-14)22-17(20-11)21-13-5-2-4-12(18)9-13/h2-9H,10H2,1H3,(H,19,23)(H,20,21,22). The average Bonchev–Trinajstić information content (AvgIpc) is 3.05. The minimum atomic E-state index is -0.300. The molecule has 0 atom stereocenters. The van der Waals surface area contributed by atoms with E-state index in [2.05, 4.69) is 20.6 Å². The number of rotatable bonds is 5. The molecule has 3 rings (SSSR count). The van der Waals surface area contributed by atoms with Gasteiger partial charge in [-0.2, -0.15) is 0 Å². The van der Waals surface area contributed by atoms with Crippen LogP contribution in [-0.2, 0) is 6.54 Å². The first-order valence-electron chi connectivity index (χ1n) is 7.29. The minimum Gasteiger partial charge on any atom is -0.467 e. The highest BCUT2D eigenvalue weighted by atomic mass is 35.5. The molecule has 1 aromatic carbocycles. The number of nitrogens with zero attached hydrogens (tertiary/aromatic N) is 2. The third kappa shape index (κ3) is 4.11. The molecule has 24 heavy (non-hydrogen) atoms. The van der Waals surface area contributed by atoms with Gasteiger partial charge in [0, 0.05) is 16.4 Å². The van der Waals surface area contributed by atoms with Gasteiger partial charge in [-0.05, 0) is 43.3 Å². The van der Waals surface area contributed by atoms with E-state index in [1.807, 2.05) is 12.1 Å². The summed E-state index contributed by atoms with van der Waals surface area (Å²) in [4.78, 5) is 20.8.